The van der Waals surface area contributed by atoms with E-state index in [1.807, 2.05) is 20.3 Å². The number of alkyl halides is 2. The van der Waals surface area contributed by atoms with Gasteiger partial charge in [-0.05, 0) is 59.3 Å². The van der Waals surface area contributed by atoms with E-state index in [1.165, 1.54) is 10.5 Å². The van der Waals surface area contributed by atoms with Gasteiger partial charge in [-0.3, -0.25) is 0 Å². The Morgan fingerprint density at radius 2 is 1.95 bits per heavy atom. The highest BCUT2D eigenvalue weighted by molar-refractivity contribution is 5.95. The summed E-state index contributed by atoms with van der Waals surface area (Å²) >= 11 is 0. The summed E-state index contributed by atoms with van der Waals surface area (Å²) in [7, 11) is 4.06. The van der Waals surface area contributed by atoms with Crippen LogP contribution in [-0.2, 0) is 20.8 Å². The average Bonchev–Trinajstić information content (AvgIpc) is 3.50. The van der Waals surface area contributed by atoms with Crippen LogP contribution in [0.1, 0.15) is 45.7 Å². The Morgan fingerprint density at radius 3 is 2.54 bits per heavy atom. The zero-order valence-electron chi connectivity index (χ0n) is 23.4. The molecule has 0 saturated carbocycles. The Morgan fingerprint density at radius 1 is 1.23 bits per heavy atom. The molecule has 1 saturated heterocycles. The number of ether oxygens (including phenoxy) is 3. The maximum Gasteiger partial charge on any atom is 0.417 e. The molecule has 0 N–H and O–H groups in total. The van der Waals surface area contributed by atoms with Gasteiger partial charge in [-0.15, -0.1) is 0 Å². The van der Waals surface area contributed by atoms with Crippen molar-refractivity contribution in [3.05, 3.63) is 42.2 Å². The van der Waals surface area contributed by atoms with E-state index in [1.54, 1.807) is 33.9 Å². The molecule has 3 aromatic rings. The molecule has 11 heteroatoms. The Kier molecular flexibility index (Phi) is 8.83. The Bertz CT molecular complexity index is 1270. The number of nitrogens with zero attached hydrogens (tertiary/aromatic N) is 5. The van der Waals surface area contributed by atoms with Crippen molar-refractivity contribution in [1.29, 1.82) is 0 Å². The van der Waals surface area contributed by atoms with Crippen molar-refractivity contribution in [3.63, 3.8) is 0 Å². The van der Waals surface area contributed by atoms with Gasteiger partial charge in [0, 0.05) is 36.5 Å². The van der Waals surface area contributed by atoms with Crippen LogP contribution in [0.25, 0.3) is 22.2 Å². The van der Waals surface area contributed by atoms with E-state index < -0.39 is 31.0 Å². The molecule has 39 heavy (non-hydrogen) atoms. The van der Waals surface area contributed by atoms with Crippen LogP contribution in [0.5, 0.6) is 0 Å². The summed E-state index contributed by atoms with van der Waals surface area (Å²) in [6.07, 6.45) is 3.79. The number of rotatable bonds is 9. The molecule has 2 aromatic heterocycles. The van der Waals surface area contributed by atoms with Crippen molar-refractivity contribution in [2.45, 2.75) is 65.0 Å². The van der Waals surface area contributed by atoms with Gasteiger partial charge in [-0.25, -0.2) is 14.7 Å². The standard InChI is InChI=1S/C28H37F2N5O4/c1-18(16-38-25(29)30)35(27(36)39-28(2,3)4)26-31-13-22-23(20-9-7-19(8-10-20)14-33(5)6)15-34(24(22)32-26)21-11-12-37-17-21/h7-10,13,15,18,21,25H,11-12,14,16-17H2,1-6H3/t18?,21-/m1/s1. The second kappa shape index (κ2) is 11.9. The molecule has 1 amide bonds. The number of hydrogen-bond acceptors (Lipinski definition) is 7. The lowest BCUT2D eigenvalue weighted by Crippen LogP contribution is -2.45. The predicted molar refractivity (Wildman–Crippen MR) is 145 cm³/mol. The van der Waals surface area contributed by atoms with Gasteiger partial charge >= 0.3 is 12.7 Å². The van der Waals surface area contributed by atoms with Crippen LogP contribution in [0.4, 0.5) is 19.5 Å². The molecule has 0 spiro atoms. The third kappa shape index (κ3) is 7.09. The number of fused-ring (bicyclic) bond motifs is 1. The number of anilines is 1. The number of hydrogen-bond donors (Lipinski definition) is 0. The summed E-state index contributed by atoms with van der Waals surface area (Å²) in [5, 5.41) is 0.812. The first-order valence-corrected chi connectivity index (χ1v) is 13.0. The molecule has 1 aromatic carbocycles. The zero-order chi connectivity index (χ0) is 28.3. The summed E-state index contributed by atoms with van der Waals surface area (Å²) in [6, 6.07) is 7.60. The largest absolute Gasteiger partial charge is 0.443 e. The van der Waals surface area contributed by atoms with Gasteiger partial charge in [0.05, 0.1) is 25.3 Å². The van der Waals surface area contributed by atoms with E-state index in [9.17, 15) is 13.6 Å². The maximum atomic E-state index is 13.2. The first kappa shape index (κ1) is 28.8. The molecular weight excluding hydrogens is 508 g/mol. The summed E-state index contributed by atoms with van der Waals surface area (Å²) in [6.45, 7) is 5.41. The third-order valence-electron chi connectivity index (χ3n) is 6.33. The molecule has 212 valence electrons. The van der Waals surface area contributed by atoms with E-state index in [0.29, 0.717) is 18.9 Å². The van der Waals surface area contributed by atoms with E-state index >= 15 is 0 Å². The maximum absolute atomic E-state index is 13.2. The number of halogens is 2. The van der Waals surface area contributed by atoms with Crippen LogP contribution in [0.3, 0.4) is 0 Å². The normalized spacial score (nSPS) is 16.8. The van der Waals surface area contributed by atoms with E-state index in [2.05, 4.69) is 43.5 Å². The van der Waals surface area contributed by atoms with Crippen molar-refractivity contribution in [2.24, 2.45) is 0 Å². The summed E-state index contributed by atoms with van der Waals surface area (Å²) in [4.78, 5) is 25.8. The van der Waals surface area contributed by atoms with Crippen molar-refractivity contribution in [1.82, 2.24) is 19.4 Å². The van der Waals surface area contributed by atoms with Crippen LogP contribution in [0.2, 0.25) is 0 Å². The summed E-state index contributed by atoms with van der Waals surface area (Å²) in [5.74, 6) is 0.0493. The van der Waals surface area contributed by atoms with Crippen molar-refractivity contribution < 1.29 is 27.8 Å². The molecule has 1 fully saturated rings. The SMILES string of the molecule is CC(COC(F)F)N(C(=O)OC(C)(C)C)c1ncc2c(-c3ccc(CN(C)C)cc3)cn([C@@H]3CCOC3)c2n1. The molecule has 9 nitrogen and oxygen atoms in total. The second-order valence-electron chi connectivity index (χ2n) is 11.1. The molecule has 0 aliphatic carbocycles. The number of carbonyl (C=O) groups is 1. The summed E-state index contributed by atoms with van der Waals surface area (Å²) in [5.41, 5.74) is 2.98. The van der Waals surface area contributed by atoms with Crippen LogP contribution in [0, 0.1) is 0 Å². The molecule has 2 atom stereocenters. The highest BCUT2D eigenvalue weighted by atomic mass is 19.3. The average molecular weight is 546 g/mol. The van der Waals surface area contributed by atoms with Gasteiger partial charge in [0.25, 0.3) is 0 Å². The number of benzene rings is 1. The fourth-order valence-corrected chi connectivity index (χ4v) is 4.60. The highest BCUT2D eigenvalue weighted by Gasteiger charge is 2.31. The Labute approximate surface area is 227 Å². The van der Waals surface area contributed by atoms with Crippen LogP contribution >= 0.6 is 0 Å². The first-order valence-electron chi connectivity index (χ1n) is 13.0. The van der Waals surface area contributed by atoms with E-state index in [0.717, 1.165) is 29.5 Å². The Hall–Kier alpha value is -3.15. The minimum Gasteiger partial charge on any atom is -0.443 e. The molecule has 0 bridgehead atoms. The number of amides is 1. The zero-order valence-corrected chi connectivity index (χ0v) is 23.4. The quantitative estimate of drug-likeness (QED) is 0.352. The molecule has 0 radical (unpaired) electrons. The number of aromatic nitrogens is 3. The fraction of sp³-hybridized carbons (Fsp3) is 0.536. The van der Waals surface area contributed by atoms with Crippen LogP contribution in [0.15, 0.2) is 36.7 Å². The lowest BCUT2D eigenvalue weighted by atomic mass is 10.0. The van der Waals surface area contributed by atoms with Gasteiger partial charge in [0.15, 0.2) is 0 Å². The smallest absolute Gasteiger partial charge is 0.417 e. The first-order chi connectivity index (χ1) is 18.4. The fourth-order valence-electron chi connectivity index (χ4n) is 4.60. The minimum atomic E-state index is -2.97. The Balaban J connectivity index is 1.78. The number of carbonyl (C=O) groups excluding carboxylic acids is 1. The molecule has 1 aliphatic rings. The monoisotopic (exact) mass is 545 g/mol. The topological polar surface area (TPSA) is 82.0 Å². The summed E-state index contributed by atoms with van der Waals surface area (Å²) < 4.78 is 43.4. The van der Waals surface area contributed by atoms with Crippen molar-refractivity contribution in [2.75, 3.05) is 38.8 Å². The third-order valence-corrected chi connectivity index (χ3v) is 6.33. The van der Waals surface area contributed by atoms with E-state index in [-0.39, 0.29) is 12.0 Å². The van der Waals surface area contributed by atoms with Gasteiger partial charge in [0.1, 0.15) is 11.2 Å². The van der Waals surface area contributed by atoms with Crippen molar-refractivity contribution in [3.8, 4) is 11.1 Å². The second-order valence-corrected chi connectivity index (χ2v) is 11.1. The predicted octanol–water partition coefficient (Wildman–Crippen LogP) is 5.49. The van der Waals surface area contributed by atoms with Gasteiger partial charge in [-0.2, -0.15) is 13.8 Å². The van der Waals surface area contributed by atoms with Gasteiger partial charge in [-0.1, -0.05) is 24.3 Å². The molecule has 3 heterocycles. The van der Waals surface area contributed by atoms with Crippen molar-refractivity contribution >= 4 is 23.1 Å². The molecule has 1 aliphatic heterocycles. The minimum absolute atomic E-state index is 0.0493. The molecule has 4 rings (SSSR count). The van der Waals surface area contributed by atoms with E-state index in [4.69, 9.17) is 14.5 Å². The molecular formula is C28H37F2N5O4. The van der Waals surface area contributed by atoms with Crippen LogP contribution < -0.4 is 4.90 Å². The lowest BCUT2D eigenvalue weighted by molar-refractivity contribution is -0.131. The lowest BCUT2D eigenvalue weighted by Gasteiger charge is -2.30. The van der Waals surface area contributed by atoms with Gasteiger partial charge < -0.3 is 23.7 Å². The van der Waals surface area contributed by atoms with Crippen LogP contribution in [-0.4, -0.2) is 77.7 Å². The highest BCUT2D eigenvalue weighted by Crippen LogP contribution is 2.35. The molecule has 1 unspecified atom stereocenters. The van der Waals surface area contributed by atoms with Gasteiger partial charge in [0.2, 0.25) is 5.95 Å².